The quantitative estimate of drug-likeness (QED) is 0.299. The van der Waals surface area contributed by atoms with E-state index in [-0.39, 0.29) is 24.0 Å². The van der Waals surface area contributed by atoms with E-state index in [1.807, 2.05) is 16.9 Å². The van der Waals surface area contributed by atoms with Crippen LogP contribution in [0.15, 0.2) is 23.5 Å². The Hall–Kier alpha value is -0.830. The standard InChI is InChI=1S/C13H26N6.HI/c1-14-13(15-7-4-10-18(2)3)16-8-5-11-19-12-6-9-17-19;/h6,9,12H,4-5,7-8,10-11H2,1-3H3,(H2,14,15,16);1H. The molecule has 0 aliphatic carbocycles. The van der Waals surface area contributed by atoms with Crippen molar-refractivity contribution < 1.29 is 0 Å². The van der Waals surface area contributed by atoms with Crippen LogP contribution < -0.4 is 10.6 Å². The zero-order chi connectivity index (χ0) is 13.9. The molecule has 1 heterocycles. The SMILES string of the molecule is CN=C(NCCCN(C)C)NCCCn1cccn1.I. The Morgan fingerprint density at radius 1 is 1.25 bits per heavy atom. The van der Waals surface area contributed by atoms with Crippen molar-refractivity contribution in [2.75, 3.05) is 40.8 Å². The van der Waals surface area contributed by atoms with Gasteiger partial charge in [0.2, 0.25) is 0 Å². The molecule has 2 N–H and O–H groups in total. The fourth-order valence-electron chi connectivity index (χ4n) is 1.70. The number of aryl methyl sites for hydroxylation is 1. The van der Waals surface area contributed by atoms with Gasteiger partial charge < -0.3 is 15.5 Å². The van der Waals surface area contributed by atoms with Gasteiger partial charge in [-0.3, -0.25) is 9.67 Å². The Balaban J connectivity index is 0.00000361. The van der Waals surface area contributed by atoms with Gasteiger partial charge in [-0.05, 0) is 39.5 Å². The van der Waals surface area contributed by atoms with Crippen molar-refractivity contribution in [3.8, 4) is 0 Å². The lowest BCUT2D eigenvalue weighted by Gasteiger charge is -2.13. The van der Waals surface area contributed by atoms with E-state index in [0.29, 0.717) is 0 Å². The number of halogens is 1. The second-order valence-corrected chi connectivity index (χ2v) is 4.71. The van der Waals surface area contributed by atoms with Crippen LogP contribution in [0.5, 0.6) is 0 Å². The fourth-order valence-corrected chi connectivity index (χ4v) is 1.70. The van der Waals surface area contributed by atoms with Crippen LogP contribution >= 0.6 is 24.0 Å². The monoisotopic (exact) mass is 394 g/mol. The average Bonchev–Trinajstić information content (AvgIpc) is 2.89. The van der Waals surface area contributed by atoms with Crippen molar-refractivity contribution in [2.24, 2.45) is 4.99 Å². The summed E-state index contributed by atoms with van der Waals surface area (Å²) >= 11 is 0. The van der Waals surface area contributed by atoms with Crippen molar-refractivity contribution in [1.82, 2.24) is 25.3 Å². The van der Waals surface area contributed by atoms with Gasteiger partial charge in [-0.1, -0.05) is 0 Å². The Kier molecular flexibility index (Phi) is 11.5. The molecule has 7 heteroatoms. The average molecular weight is 394 g/mol. The molecule has 0 amide bonds. The number of guanidine groups is 1. The maximum atomic E-state index is 4.20. The van der Waals surface area contributed by atoms with Gasteiger partial charge in [-0.2, -0.15) is 5.10 Å². The molecule has 0 aliphatic heterocycles. The zero-order valence-electron chi connectivity index (χ0n) is 12.7. The molecule has 1 aromatic heterocycles. The van der Waals surface area contributed by atoms with Crippen molar-refractivity contribution >= 4 is 29.9 Å². The number of hydrogen-bond donors (Lipinski definition) is 2. The van der Waals surface area contributed by atoms with E-state index in [1.165, 1.54) is 0 Å². The maximum absolute atomic E-state index is 4.20. The largest absolute Gasteiger partial charge is 0.356 e. The normalized spacial score (nSPS) is 11.3. The zero-order valence-corrected chi connectivity index (χ0v) is 15.0. The third-order valence-corrected chi connectivity index (χ3v) is 2.71. The predicted molar refractivity (Wildman–Crippen MR) is 94.8 cm³/mol. The highest BCUT2D eigenvalue weighted by Gasteiger charge is 1.97. The summed E-state index contributed by atoms with van der Waals surface area (Å²) in [6, 6.07) is 1.94. The summed E-state index contributed by atoms with van der Waals surface area (Å²) in [6.07, 6.45) is 5.92. The smallest absolute Gasteiger partial charge is 0.190 e. The molecule has 116 valence electrons. The van der Waals surface area contributed by atoms with Crippen LogP contribution in [0, 0.1) is 0 Å². The van der Waals surface area contributed by atoms with Crippen LogP contribution in [-0.4, -0.2) is 61.4 Å². The molecule has 20 heavy (non-hydrogen) atoms. The van der Waals surface area contributed by atoms with Gasteiger partial charge in [0.25, 0.3) is 0 Å². The van der Waals surface area contributed by atoms with E-state index in [2.05, 4.69) is 39.7 Å². The lowest BCUT2D eigenvalue weighted by Crippen LogP contribution is -2.39. The molecule has 0 aliphatic rings. The van der Waals surface area contributed by atoms with Crippen molar-refractivity contribution in [1.29, 1.82) is 0 Å². The second-order valence-electron chi connectivity index (χ2n) is 4.71. The molecule has 0 atom stereocenters. The number of rotatable bonds is 8. The summed E-state index contributed by atoms with van der Waals surface area (Å²) in [5.74, 6) is 0.874. The van der Waals surface area contributed by atoms with E-state index >= 15 is 0 Å². The Morgan fingerprint density at radius 3 is 2.50 bits per heavy atom. The fraction of sp³-hybridized carbons (Fsp3) is 0.692. The highest BCUT2D eigenvalue weighted by molar-refractivity contribution is 14.0. The van der Waals surface area contributed by atoms with Crippen LogP contribution in [0.25, 0.3) is 0 Å². The molecule has 1 rings (SSSR count). The number of aliphatic imine (C=N–C) groups is 1. The molecule has 0 saturated carbocycles. The highest BCUT2D eigenvalue weighted by atomic mass is 127. The second kappa shape index (κ2) is 12.0. The number of hydrogen-bond acceptors (Lipinski definition) is 3. The van der Waals surface area contributed by atoms with Gasteiger partial charge in [0.15, 0.2) is 5.96 Å². The Morgan fingerprint density at radius 2 is 1.95 bits per heavy atom. The minimum absolute atomic E-state index is 0. The van der Waals surface area contributed by atoms with Gasteiger partial charge in [0, 0.05) is 39.1 Å². The first-order valence-corrected chi connectivity index (χ1v) is 6.79. The van der Waals surface area contributed by atoms with Gasteiger partial charge in [0.05, 0.1) is 0 Å². The first-order valence-electron chi connectivity index (χ1n) is 6.79. The number of nitrogens with zero attached hydrogens (tertiary/aromatic N) is 4. The van der Waals surface area contributed by atoms with E-state index in [9.17, 15) is 0 Å². The minimum Gasteiger partial charge on any atom is -0.356 e. The summed E-state index contributed by atoms with van der Waals surface area (Å²) in [6.45, 7) is 3.85. The van der Waals surface area contributed by atoms with Crippen LogP contribution in [0.4, 0.5) is 0 Å². The molecule has 0 radical (unpaired) electrons. The molecule has 0 aromatic carbocycles. The van der Waals surface area contributed by atoms with Crippen LogP contribution in [0.3, 0.4) is 0 Å². The topological polar surface area (TPSA) is 57.5 Å². The van der Waals surface area contributed by atoms with Crippen molar-refractivity contribution in [2.45, 2.75) is 19.4 Å². The number of aromatic nitrogens is 2. The van der Waals surface area contributed by atoms with E-state index < -0.39 is 0 Å². The van der Waals surface area contributed by atoms with Crippen molar-refractivity contribution in [3.63, 3.8) is 0 Å². The van der Waals surface area contributed by atoms with Crippen molar-refractivity contribution in [3.05, 3.63) is 18.5 Å². The lowest BCUT2D eigenvalue weighted by molar-refractivity contribution is 0.399. The van der Waals surface area contributed by atoms with E-state index in [0.717, 1.165) is 45.0 Å². The first-order chi connectivity index (χ1) is 9.22. The summed E-state index contributed by atoms with van der Waals surface area (Å²) in [4.78, 5) is 6.38. The molecule has 6 nitrogen and oxygen atoms in total. The summed E-state index contributed by atoms with van der Waals surface area (Å²) in [5.41, 5.74) is 0. The molecule has 0 saturated heterocycles. The van der Waals surface area contributed by atoms with Gasteiger partial charge >= 0.3 is 0 Å². The Labute approximate surface area is 139 Å². The van der Waals surface area contributed by atoms with Crippen LogP contribution in [0.1, 0.15) is 12.8 Å². The van der Waals surface area contributed by atoms with Gasteiger partial charge in [-0.15, -0.1) is 24.0 Å². The third-order valence-electron chi connectivity index (χ3n) is 2.71. The Bertz CT molecular complexity index is 350. The summed E-state index contributed by atoms with van der Waals surface area (Å²) < 4.78 is 1.94. The number of nitrogens with one attached hydrogen (secondary N) is 2. The molecule has 0 spiro atoms. The molecular weight excluding hydrogens is 367 g/mol. The minimum atomic E-state index is 0. The van der Waals surface area contributed by atoms with Gasteiger partial charge in [0.1, 0.15) is 0 Å². The molecular formula is C13H27IN6. The summed E-state index contributed by atoms with van der Waals surface area (Å²) in [5, 5.41) is 10.8. The van der Waals surface area contributed by atoms with Crippen LogP contribution in [-0.2, 0) is 6.54 Å². The van der Waals surface area contributed by atoms with E-state index in [1.54, 1.807) is 13.2 Å². The third kappa shape index (κ3) is 9.13. The summed E-state index contributed by atoms with van der Waals surface area (Å²) in [7, 11) is 5.97. The van der Waals surface area contributed by atoms with E-state index in [4.69, 9.17) is 0 Å². The maximum Gasteiger partial charge on any atom is 0.190 e. The molecule has 0 unspecified atom stereocenters. The molecule has 0 fully saturated rings. The lowest BCUT2D eigenvalue weighted by atomic mass is 10.4. The van der Waals surface area contributed by atoms with Gasteiger partial charge in [-0.25, -0.2) is 0 Å². The first kappa shape index (κ1) is 19.2. The predicted octanol–water partition coefficient (Wildman–Crippen LogP) is 1.01. The van der Waals surface area contributed by atoms with Crippen LogP contribution in [0.2, 0.25) is 0 Å². The highest BCUT2D eigenvalue weighted by Crippen LogP contribution is 1.88. The molecule has 0 bridgehead atoms. The molecule has 1 aromatic rings.